The first kappa shape index (κ1) is 7.62. The zero-order chi connectivity index (χ0) is 9.38. The fraction of sp³-hybridized carbons (Fsp3) is 0.182. The summed E-state index contributed by atoms with van der Waals surface area (Å²) >= 11 is 0. The molecule has 1 unspecified atom stereocenters. The molecular formula is C11H9N2O. The van der Waals surface area contributed by atoms with Gasteiger partial charge in [0.1, 0.15) is 18.1 Å². The van der Waals surface area contributed by atoms with Crippen LogP contribution in [0.2, 0.25) is 0 Å². The summed E-state index contributed by atoms with van der Waals surface area (Å²) in [4.78, 5) is 0. The number of benzene rings is 1. The Morgan fingerprint density at radius 1 is 1.43 bits per heavy atom. The van der Waals surface area contributed by atoms with Gasteiger partial charge < -0.3 is 4.74 Å². The molecule has 0 spiro atoms. The van der Waals surface area contributed by atoms with Crippen molar-refractivity contribution in [2.45, 2.75) is 12.5 Å². The predicted octanol–water partition coefficient (Wildman–Crippen LogP) is 1.89. The topological polar surface area (TPSA) is 37.9 Å². The van der Waals surface area contributed by atoms with Gasteiger partial charge in [-0.2, -0.15) is 5.10 Å². The van der Waals surface area contributed by atoms with Gasteiger partial charge in [0.15, 0.2) is 0 Å². The molecule has 3 rings (SSSR count). The number of nitrogens with zero attached hydrogens (tertiary/aromatic N) is 1. The zero-order valence-corrected chi connectivity index (χ0v) is 7.53. The summed E-state index contributed by atoms with van der Waals surface area (Å²) in [7, 11) is 0. The third-order valence-corrected chi connectivity index (χ3v) is 2.46. The summed E-state index contributed by atoms with van der Waals surface area (Å²) in [5.74, 6) is 0.979. The molecule has 69 valence electrons. The van der Waals surface area contributed by atoms with Crippen LogP contribution in [0.4, 0.5) is 0 Å². The molecule has 2 aromatic rings. The van der Waals surface area contributed by atoms with Crippen LogP contribution in [-0.4, -0.2) is 10.2 Å². The summed E-state index contributed by atoms with van der Waals surface area (Å²) in [5, 5.41) is 6.55. The lowest BCUT2D eigenvalue weighted by Crippen LogP contribution is -2.01. The number of nitrogens with one attached hydrogen (secondary N) is 1. The third kappa shape index (κ3) is 1.09. The van der Waals surface area contributed by atoms with E-state index < -0.39 is 0 Å². The summed E-state index contributed by atoms with van der Waals surface area (Å²) in [6, 6.07) is 8.11. The minimum Gasteiger partial charge on any atom is -0.485 e. The lowest BCUT2D eigenvalue weighted by molar-refractivity contribution is 0.238. The number of hydrogen-bond donors (Lipinski definition) is 1. The molecule has 1 N–H and O–H groups in total. The van der Waals surface area contributed by atoms with E-state index in [1.165, 1.54) is 5.56 Å². The molecule has 0 bridgehead atoms. The maximum absolute atomic E-state index is 5.76. The van der Waals surface area contributed by atoms with E-state index in [1.54, 1.807) is 0 Å². The van der Waals surface area contributed by atoms with E-state index in [0.717, 1.165) is 17.7 Å². The summed E-state index contributed by atoms with van der Waals surface area (Å²) in [6.07, 6.45) is 5.70. The monoisotopic (exact) mass is 185 g/mol. The maximum Gasteiger partial charge on any atom is 0.132 e. The molecule has 0 amide bonds. The van der Waals surface area contributed by atoms with Crippen LogP contribution in [0.5, 0.6) is 5.75 Å². The number of fused-ring (bicyclic) bond motifs is 1. The molecule has 1 aromatic carbocycles. The van der Waals surface area contributed by atoms with Gasteiger partial charge >= 0.3 is 0 Å². The van der Waals surface area contributed by atoms with E-state index in [-0.39, 0.29) is 6.10 Å². The number of hydrogen-bond acceptors (Lipinski definition) is 2. The second-order valence-corrected chi connectivity index (χ2v) is 3.37. The molecule has 0 aliphatic carbocycles. The van der Waals surface area contributed by atoms with Gasteiger partial charge in [-0.25, -0.2) is 0 Å². The number of rotatable bonds is 1. The quantitative estimate of drug-likeness (QED) is 0.736. The first-order chi connectivity index (χ1) is 6.93. The first-order valence-corrected chi connectivity index (χ1v) is 4.59. The summed E-state index contributed by atoms with van der Waals surface area (Å²) in [5.41, 5.74) is 2.24. The highest BCUT2D eigenvalue weighted by atomic mass is 16.5. The number of H-pyrrole nitrogens is 1. The van der Waals surface area contributed by atoms with Crippen molar-refractivity contribution < 1.29 is 4.74 Å². The second-order valence-electron chi connectivity index (χ2n) is 3.37. The Kier molecular flexibility index (Phi) is 1.56. The molecule has 1 aliphatic heterocycles. The van der Waals surface area contributed by atoms with E-state index in [1.807, 2.05) is 24.4 Å². The van der Waals surface area contributed by atoms with Crippen molar-refractivity contribution in [3.05, 3.63) is 47.8 Å². The molecule has 1 atom stereocenters. The normalized spacial score (nSPS) is 19.0. The van der Waals surface area contributed by atoms with Crippen molar-refractivity contribution in [3.63, 3.8) is 0 Å². The Morgan fingerprint density at radius 3 is 3.14 bits per heavy atom. The van der Waals surface area contributed by atoms with Crippen LogP contribution in [-0.2, 0) is 6.42 Å². The fourth-order valence-corrected chi connectivity index (χ4v) is 1.75. The SMILES string of the molecule is [c]1n[nH]cc1C1Cc2ccccc2O1. The molecule has 0 saturated carbocycles. The summed E-state index contributed by atoms with van der Waals surface area (Å²) < 4.78 is 5.76. The molecule has 3 heteroatoms. The van der Waals surface area contributed by atoms with E-state index in [0.29, 0.717) is 0 Å². The highest BCUT2D eigenvalue weighted by molar-refractivity contribution is 5.38. The van der Waals surface area contributed by atoms with E-state index >= 15 is 0 Å². The van der Waals surface area contributed by atoms with Gasteiger partial charge in [0.25, 0.3) is 0 Å². The third-order valence-electron chi connectivity index (χ3n) is 2.46. The average molecular weight is 185 g/mol. The van der Waals surface area contributed by atoms with Crippen molar-refractivity contribution in [1.29, 1.82) is 0 Å². The standard InChI is InChI=1S/C11H9N2O/c1-2-4-10-8(3-1)5-11(14-10)9-6-12-13-7-9/h1-4,6,11H,5H2,(H,12,13). The van der Waals surface area contributed by atoms with Crippen LogP contribution >= 0.6 is 0 Å². The Balaban J connectivity index is 1.92. The largest absolute Gasteiger partial charge is 0.485 e. The Morgan fingerprint density at radius 2 is 2.36 bits per heavy atom. The first-order valence-electron chi connectivity index (χ1n) is 4.59. The van der Waals surface area contributed by atoms with Gasteiger partial charge in [0.05, 0.1) is 0 Å². The van der Waals surface area contributed by atoms with E-state index in [4.69, 9.17) is 4.74 Å². The lowest BCUT2D eigenvalue weighted by Gasteiger charge is -2.06. The highest BCUT2D eigenvalue weighted by Crippen LogP contribution is 2.35. The van der Waals surface area contributed by atoms with Gasteiger partial charge in [0, 0.05) is 18.2 Å². The molecule has 1 aromatic heterocycles. The minimum absolute atomic E-state index is 0.0751. The van der Waals surface area contributed by atoms with Crippen LogP contribution in [0.3, 0.4) is 0 Å². The summed E-state index contributed by atoms with van der Waals surface area (Å²) in [6.45, 7) is 0. The minimum atomic E-state index is 0.0751. The van der Waals surface area contributed by atoms with Crippen molar-refractivity contribution in [2.24, 2.45) is 0 Å². The zero-order valence-electron chi connectivity index (χ0n) is 7.53. The molecule has 2 heterocycles. The number of ether oxygens (including phenoxy) is 1. The smallest absolute Gasteiger partial charge is 0.132 e. The molecule has 1 aliphatic rings. The molecule has 0 fully saturated rings. The number of aromatic nitrogens is 2. The molecule has 3 nitrogen and oxygen atoms in total. The fourth-order valence-electron chi connectivity index (χ4n) is 1.75. The van der Waals surface area contributed by atoms with Gasteiger partial charge in [0.2, 0.25) is 0 Å². The van der Waals surface area contributed by atoms with Crippen molar-refractivity contribution in [2.75, 3.05) is 0 Å². The molecular weight excluding hydrogens is 176 g/mol. The predicted molar refractivity (Wildman–Crippen MR) is 50.9 cm³/mol. The molecule has 0 saturated heterocycles. The molecule has 1 radical (unpaired) electrons. The van der Waals surface area contributed by atoms with Crippen molar-refractivity contribution >= 4 is 0 Å². The van der Waals surface area contributed by atoms with Crippen molar-refractivity contribution in [3.8, 4) is 5.75 Å². The van der Waals surface area contributed by atoms with Gasteiger partial charge in [-0.3, -0.25) is 5.10 Å². The Bertz CT molecular complexity index is 411. The Labute approximate surface area is 81.7 Å². The number of aromatic amines is 1. The van der Waals surface area contributed by atoms with Crippen LogP contribution in [0.15, 0.2) is 30.5 Å². The van der Waals surface area contributed by atoms with Crippen molar-refractivity contribution in [1.82, 2.24) is 10.2 Å². The van der Waals surface area contributed by atoms with Crippen LogP contribution in [0.25, 0.3) is 0 Å². The number of para-hydroxylation sites is 1. The Hall–Kier alpha value is -1.77. The average Bonchev–Trinajstić information content (AvgIpc) is 2.86. The van der Waals surface area contributed by atoms with E-state index in [9.17, 15) is 0 Å². The highest BCUT2D eigenvalue weighted by Gasteiger charge is 2.24. The van der Waals surface area contributed by atoms with Gasteiger partial charge in [-0.15, -0.1) is 0 Å². The van der Waals surface area contributed by atoms with Crippen LogP contribution in [0.1, 0.15) is 17.2 Å². The van der Waals surface area contributed by atoms with E-state index in [2.05, 4.69) is 22.5 Å². The second kappa shape index (κ2) is 2.87. The maximum atomic E-state index is 5.76. The van der Waals surface area contributed by atoms with Gasteiger partial charge in [-0.05, 0) is 11.6 Å². The van der Waals surface area contributed by atoms with Crippen LogP contribution < -0.4 is 4.74 Å². The lowest BCUT2D eigenvalue weighted by atomic mass is 10.1. The molecule has 14 heavy (non-hydrogen) atoms. The van der Waals surface area contributed by atoms with Crippen LogP contribution in [0, 0.1) is 6.20 Å². The van der Waals surface area contributed by atoms with Gasteiger partial charge in [-0.1, -0.05) is 18.2 Å².